The van der Waals surface area contributed by atoms with Gasteiger partial charge in [0.1, 0.15) is 6.54 Å². The highest BCUT2D eigenvalue weighted by Gasteiger charge is 2.29. The molecule has 1 saturated carbocycles. The number of carbonyl (C=O) groups is 3. The summed E-state index contributed by atoms with van der Waals surface area (Å²) in [5.41, 5.74) is 1.66. The smallest absolute Gasteiger partial charge is 0.319 e. The standard InChI is InChI=1S/C22H33ClN4O4/c1-22(2,15-24-21(30)25-18-10-6-9-17(23)11-18)12-20(29)27(14-19(28)26-31)13-16-7-4-3-5-8-16/h6,9-11,16,31H,3-5,7-8,12-15H2,1-2H3,(H,26,28)(H2,24,25,30). The first-order chi connectivity index (χ1) is 14.7. The second-order valence-corrected chi connectivity index (χ2v) is 9.41. The normalized spacial score (nSPS) is 14.6. The van der Waals surface area contributed by atoms with Crippen LogP contribution in [0.4, 0.5) is 10.5 Å². The molecule has 0 bridgehead atoms. The molecule has 0 radical (unpaired) electrons. The molecule has 2 rings (SSSR count). The van der Waals surface area contributed by atoms with Crippen molar-refractivity contribution in [3.63, 3.8) is 0 Å². The quantitative estimate of drug-likeness (QED) is 0.337. The number of urea groups is 1. The lowest BCUT2D eigenvalue weighted by molar-refractivity contribution is -0.141. The third kappa shape index (κ3) is 9.14. The first-order valence-electron chi connectivity index (χ1n) is 10.7. The Labute approximate surface area is 188 Å². The first-order valence-corrected chi connectivity index (χ1v) is 11.1. The van der Waals surface area contributed by atoms with Gasteiger partial charge >= 0.3 is 6.03 Å². The van der Waals surface area contributed by atoms with E-state index in [2.05, 4.69) is 10.6 Å². The minimum absolute atomic E-state index is 0.163. The van der Waals surface area contributed by atoms with Gasteiger partial charge in [-0.05, 0) is 42.4 Å². The molecule has 1 aliphatic rings. The Kier molecular flexibility index (Phi) is 9.58. The summed E-state index contributed by atoms with van der Waals surface area (Å²) in [4.78, 5) is 38.4. The van der Waals surface area contributed by atoms with E-state index in [0.717, 1.165) is 25.7 Å². The van der Waals surface area contributed by atoms with Crippen molar-refractivity contribution in [3.8, 4) is 0 Å². The van der Waals surface area contributed by atoms with Crippen LogP contribution in [0.25, 0.3) is 0 Å². The van der Waals surface area contributed by atoms with E-state index < -0.39 is 11.3 Å². The van der Waals surface area contributed by atoms with Gasteiger partial charge in [-0.25, -0.2) is 10.3 Å². The van der Waals surface area contributed by atoms with Crippen molar-refractivity contribution in [2.75, 3.05) is 25.0 Å². The van der Waals surface area contributed by atoms with Gasteiger partial charge in [0.15, 0.2) is 0 Å². The number of nitrogens with one attached hydrogen (secondary N) is 3. The minimum Gasteiger partial charge on any atom is -0.337 e. The molecule has 172 valence electrons. The van der Waals surface area contributed by atoms with Gasteiger partial charge < -0.3 is 15.5 Å². The molecule has 0 saturated heterocycles. The number of halogens is 1. The Bertz CT molecular complexity index is 766. The molecule has 4 amide bonds. The maximum absolute atomic E-state index is 13.0. The number of benzene rings is 1. The molecule has 0 atom stereocenters. The van der Waals surface area contributed by atoms with Crippen LogP contribution in [0.2, 0.25) is 5.02 Å². The summed E-state index contributed by atoms with van der Waals surface area (Å²) >= 11 is 5.92. The number of rotatable bonds is 9. The van der Waals surface area contributed by atoms with E-state index in [1.54, 1.807) is 29.7 Å². The van der Waals surface area contributed by atoms with Crippen LogP contribution in [0.5, 0.6) is 0 Å². The van der Waals surface area contributed by atoms with E-state index in [-0.39, 0.29) is 31.4 Å². The van der Waals surface area contributed by atoms with Crippen LogP contribution in [0.15, 0.2) is 24.3 Å². The number of hydrogen-bond acceptors (Lipinski definition) is 4. The Morgan fingerprint density at radius 3 is 2.55 bits per heavy atom. The summed E-state index contributed by atoms with van der Waals surface area (Å²) in [5.74, 6) is -0.411. The molecule has 0 unspecified atom stereocenters. The molecule has 1 fully saturated rings. The van der Waals surface area contributed by atoms with E-state index in [1.807, 2.05) is 13.8 Å². The average molecular weight is 453 g/mol. The lowest BCUT2D eigenvalue weighted by Gasteiger charge is -2.32. The number of amides is 4. The van der Waals surface area contributed by atoms with Crippen LogP contribution in [0, 0.1) is 11.3 Å². The predicted molar refractivity (Wildman–Crippen MR) is 120 cm³/mol. The molecule has 1 aliphatic carbocycles. The zero-order valence-electron chi connectivity index (χ0n) is 18.2. The van der Waals surface area contributed by atoms with Gasteiger partial charge in [0.05, 0.1) is 0 Å². The zero-order chi connectivity index (χ0) is 22.9. The third-order valence-electron chi connectivity index (χ3n) is 5.45. The first kappa shape index (κ1) is 24.9. The molecule has 0 aliphatic heterocycles. The monoisotopic (exact) mass is 452 g/mol. The predicted octanol–water partition coefficient (Wildman–Crippen LogP) is 3.79. The molecule has 4 N–H and O–H groups in total. The van der Waals surface area contributed by atoms with Crippen molar-refractivity contribution in [2.45, 2.75) is 52.4 Å². The van der Waals surface area contributed by atoms with Crippen LogP contribution < -0.4 is 16.1 Å². The molecule has 1 aromatic carbocycles. The van der Waals surface area contributed by atoms with Crippen molar-refractivity contribution >= 4 is 35.1 Å². The third-order valence-corrected chi connectivity index (χ3v) is 5.69. The van der Waals surface area contributed by atoms with E-state index in [4.69, 9.17) is 16.8 Å². The zero-order valence-corrected chi connectivity index (χ0v) is 19.0. The Morgan fingerprint density at radius 1 is 1.19 bits per heavy atom. The number of anilines is 1. The lowest BCUT2D eigenvalue weighted by atomic mass is 9.87. The number of hydroxylamine groups is 1. The van der Waals surface area contributed by atoms with Gasteiger partial charge in [0.25, 0.3) is 5.91 Å². The highest BCUT2D eigenvalue weighted by atomic mass is 35.5. The van der Waals surface area contributed by atoms with Gasteiger partial charge in [-0.2, -0.15) is 0 Å². The topological polar surface area (TPSA) is 111 Å². The van der Waals surface area contributed by atoms with E-state index in [9.17, 15) is 14.4 Å². The average Bonchev–Trinajstić information content (AvgIpc) is 2.72. The van der Waals surface area contributed by atoms with Crippen LogP contribution in [0.3, 0.4) is 0 Å². The fraction of sp³-hybridized carbons (Fsp3) is 0.591. The van der Waals surface area contributed by atoms with Crippen molar-refractivity contribution < 1.29 is 19.6 Å². The SMILES string of the molecule is CC(C)(CNC(=O)Nc1cccc(Cl)c1)CC(=O)N(CC(=O)NO)CC1CCCCC1. The Hall–Kier alpha value is -2.32. The molecule has 1 aromatic rings. The summed E-state index contributed by atoms with van der Waals surface area (Å²) < 4.78 is 0. The van der Waals surface area contributed by atoms with Crippen molar-refractivity contribution in [3.05, 3.63) is 29.3 Å². The van der Waals surface area contributed by atoms with Gasteiger partial charge in [-0.1, -0.05) is 50.8 Å². The van der Waals surface area contributed by atoms with Crippen molar-refractivity contribution in [1.82, 2.24) is 15.7 Å². The summed E-state index contributed by atoms with van der Waals surface area (Å²) in [5, 5.41) is 14.9. The largest absolute Gasteiger partial charge is 0.337 e. The molecule has 9 heteroatoms. The highest BCUT2D eigenvalue weighted by molar-refractivity contribution is 6.30. The second kappa shape index (κ2) is 11.9. The summed E-state index contributed by atoms with van der Waals surface area (Å²) in [6, 6.07) is 6.45. The number of nitrogens with zero attached hydrogens (tertiary/aromatic N) is 1. The molecule has 0 spiro atoms. The second-order valence-electron chi connectivity index (χ2n) is 8.97. The highest BCUT2D eigenvalue weighted by Crippen LogP contribution is 2.26. The molecular formula is C22H33ClN4O4. The van der Waals surface area contributed by atoms with Gasteiger partial charge in [0, 0.05) is 30.2 Å². The summed E-state index contributed by atoms with van der Waals surface area (Å²) in [6.07, 6.45) is 5.72. The lowest BCUT2D eigenvalue weighted by Crippen LogP contribution is -2.45. The van der Waals surface area contributed by atoms with E-state index >= 15 is 0 Å². The van der Waals surface area contributed by atoms with Crippen LogP contribution in [-0.2, 0) is 9.59 Å². The van der Waals surface area contributed by atoms with Crippen LogP contribution in [0.1, 0.15) is 52.4 Å². The van der Waals surface area contributed by atoms with Crippen LogP contribution >= 0.6 is 11.6 Å². The molecule has 31 heavy (non-hydrogen) atoms. The molecule has 8 nitrogen and oxygen atoms in total. The van der Waals surface area contributed by atoms with Gasteiger partial charge in [-0.15, -0.1) is 0 Å². The fourth-order valence-electron chi connectivity index (χ4n) is 3.79. The number of hydrogen-bond donors (Lipinski definition) is 4. The van der Waals surface area contributed by atoms with E-state index in [0.29, 0.717) is 23.2 Å². The fourth-order valence-corrected chi connectivity index (χ4v) is 3.98. The Morgan fingerprint density at radius 2 is 1.90 bits per heavy atom. The van der Waals surface area contributed by atoms with Gasteiger partial charge in [0.2, 0.25) is 5.91 Å². The van der Waals surface area contributed by atoms with Crippen molar-refractivity contribution in [2.24, 2.45) is 11.3 Å². The molecular weight excluding hydrogens is 420 g/mol. The number of carbonyl (C=O) groups excluding carboxylic acids is 3. The Balaban J connectivity index is 1.89. The molecule has 0 aromatic heterocycles. The van der Waals surface area contributed by atoms with Crippen molar-refractivity contribution in [1.29, 1.82) is 0 Å². The maximum Gasteiger partial charge on any atom is 0.319 e. The van der Waals surface area contributed by atoms with Gasteiger partial charge in [-0.3, -0.25) is 14.8 Å². The maximum atomic E-state index is 13.0. The minimum atomic E-state index is -0.610. The summed E-state index contributed by atoms with van der Waals surface area (Å²) in [6.45, 7) is 4.37. The van der Waals surface area contributed by atoms with E-state index in [1.165, 1.54) is 11.3 Å². The van der Waals surface area contributed by atoms with Crippen LogP contribution in [-0.4, -0.2) is 47.6 Å². The molecule has 0 heterocycles. The summed E-state index contributed by atoms with van der Waals surface area (Å²) in [7, 11) is 0.